The highest BCUT2D eigenvalue weighted by atomic mass is 35.5. The van der Waals surface area contributed by atoms with Gasteiger partial charge in [-0.15, -0.1) is 0 Å². The van der Waals surface area contributed by atoms with Gasteiger partial charge < -0.3 is 10.4 Å². The van der Waals surface area contributed by atoms with Crippen LogP contribution in [0.25, 0.3) is 0 Å². The lowest BCUT2D eigenvalue weighted by Crippen LogP contribution is -2.03. The monoisotopic (exact) mass is 280 g/mol. The summed E-state index contributed by atoms with van der Waals surface area (Å²) >= 11 is 5.74. The molecule has 2 rings (SSSR count). The van der Waals surface area contributed by atoms with E-state index in [1.54, 1.807) is 13.0 Å². The number of anilines is 2. The smallest absolute Gasteiger partial charge is 0.337 e. The summed E-state index contributed by atoms with van der Waals surface area (Å²) in [7, 11) is 0. The quantitative estimate of drug-likeness (QED) is 0.901. The first kappa shape index (κ1) is 13.3. The first-order valence-corrected chi connectivity index (χ1v) is 5.77. The summed E-state index contributed by atoms with van der Waals surface area (Å²) in [5, 5.41) is 12.0. The molecule has 4 nitrogen and oxygen atoms in total. The van der Waals surface area contributed by atoms with Gasteiger partial charge in [-0.2, -0.15) is 0 Å². The van der Waals surface area contributed by atoms with Gasteiger partial charge in [0.05, 0.1) is 11.3 Å². The molecule has 19 heavy (non-hydrogen) atoms. The fourth-order valence-corrected chi connectivity index (χ4v) is 1.85. The van der Waals surface area contributed by atoms with E-state index in [-0.39, 0.29) is 10.6 Å². The summed E-state index contributed by atoms with van der Waals surface area (Å²) in [6.07, 6.45) is 0. The molecule has 0 fully saturated rings. The second kappa shape index (κ2) is 5.24. The minimum absolute atomic E-state index is 0.128. The first-order valence-electron chi connectivity index (χ1n) is 5.40. The molecule has 6 heteroatoms. The number of nitrogens with zero attached hydrogens (tertiary/aromatic N) is 1. The van der Waals surface area contributed by atoms with Crippen molar-refractivity contribution in [1.29, 1.82) is 0 Å². The van der Waals surface area contributed by atoms with E-state index in [0.717, 1.165) is 0 Å². The molecular formula is C13H10ClFN2O2. The highest BCUT2D eigenvalue weighted by Gasteiger charge is 2.09. The zero-order valence-electron chi connectivity index (χ0n) is 9.95. The van der Waals surface area contributed by atoms with Crippen LogP contribution in [0.15, 0.2) is 30.3 Å². The van der Waals surface area contributed by atoms with Crippen LogP contribution in [0.1, 0.15) is 16.1 Å². The minimum Gasteiger partial charge on any atom is -0.478 e. The molecule has 0 bridgehead atoms. The zero-order valence-corrected chi connectivity index (χ0v) is 10.7. The minimum atomic E-state index is -1.04. The third kappa shape index (κ3) is 3.20. The predicted molar refractivity (Wildman–Crippen MR) is 70.6 cm³/mol. The average molecular weight is 281 g/mol. The zero-order chi connectivity index (χ0) is 14.0. The number of aromatic nitrogens is 1. The van der Waals surface area contributed by atoms with Crippen molar-refractivity contribution in [1.82, 2.24) is 4.98 Å². The molecule has 0 radical (unpaired) electrons. The van der Waals surface area contributed by atoms with Gasteiger partial charge >= 0.3 is 5.97 Å². The summed E-state index contributed by atoms with van der Waals surface area (Å²) in [6, 6.07) is 6.96. The van der Waals surface area contributed by atoms with E-state index >= 15 is 0 Å². The number of hydrogen-bond donors (Lipinski definition) is 2. The Hall–Kier alpha value is -2.14. The van der Waals surface area contributed by atoms with Crippen molar-refractivity contribution in [3.05, 3.63) is 52.4 Å². The van der Waals surface area contributed by atoms with Crippen molar-refractivity contribution in [2.24, 2.45) is 0 Å². The van der Waals surface area contributed by atoms with Gasteiger partial charge in [-0.3, -0.25) is 0 Å². The first-order chi connectivity index (χ1) is 8.95. The Morgan fingerprint density at radius 2 is 2.11 bits per heavy atom. The Kier molecular flexibility index (Phi) is 3.66. The number of nitrogens with one attached hydrogen (secondary N) is 1. The Balaban J connectivity index is 2.28. The fraction of sp³-hybridized carbons (Fsp3) is 0.0769. The van der Waals surface area contributed by atoms with Crippen LogP contribution in [-0.4, -0.2) is 16.1 Å². The van der Waals surface area contributed by atoms with Crippen LogP contribution >= 0.6 is 11.6 Å². The lowest BCUT2D eigenvalue weighted by atomic mass is 10.2. The molecule has 0 amide bonds. The molecule has 1 heterocycles. The van der Waals surface area contributed by atoms with E-state index in [1.807, 2.05) is 0 Å². The number of aryl methyl sites for hydroxylation is 1. The lowest BCUT2D eigenvalue weighted by molar-refractivity contribution is 0.0695. The molecule has 0 atom stereocenters. The average Bonchev–Trinajstić information content (AvgIpc) is 2.26. The molecule has 98 valence electrons. The summed E-state index contributed by atoms with van der Waals surface area (Å²) in [4.78, 5) is 14.9. The van der Waals surface area contributed by atoms with Gasteiger partial charge in [-0.05, 0) is 37.3 Å². The SMILES string of the molecule is Cc1nc(Nc2cc(F)cc(Cl)c2)ccc1C(=O)O. The van der Waals surface area contributed by atoms with E-state index in [0.29, 0.717) is 17.2 Å². The lowest BCUT2D eigenvalue weighted by Gasteiger charge is -2.08. The second-order valence-electron chi connectivity index (χ2n) is 3.92. The number of carboxylic acids is 1. The number of carboxylic acid groups (broad SMARTS) is 1. The maximum absolute atomic E-state index is 13.2. The molecule has 2 aromatic rings. The van der Waals surface area contributed by atoms with Crippen LogP contribution in [-0.2, 0) is 0 Å². The normalized spacial score (nSPS) is 10.3. The van der Waals surface area contributed by atoms with Crippen LogP contribution in [0.2, 0.25) is 5.02 Å². The highest BCUT2D eigenvalue weighted by molar-refractivity contribution is 6.30. The van der Waals surface area contributed by atoms with E-state index in [2.05, 4.69) is 10.3 Å². The molecule has 0 aliphatic heterocycles. The number of rotatable bonds is 3. The largest absolute Gasteiger partial charge is 0.478 e. The predicted octanol–water partition coefficient (Wildman–Crippen LogP) is 3.62. The van der Waals surface area contributed by atoms with Gasteiger partial charge in [-0.25, -0.2) is 14.2 Å². The molecule has 1 aromatic carbocycles. The second-order valence-corrected chi connectivity index (χ2v) is 4.35. The van der Waals surface area contributed by atoms with Gasteiger partial charge in [0.15, 0.2) is 0 Å². The molecule has 1 aromatic heterocycles. The Bertz CT molecular complexity index is 626. The fourth-order valence-electron chi connectivity index (χ4n) is 1.63. The van der Waals surface area contributed by atoms with E-state index in [1.165, 1.54) is 24.3 Å². The van der Waals surface area contributed by atoms with Gasteiger partial charge in [0.2, 0.25) is 0 Å². The Morgan fingerprint density at radius 1 is 1.37 bits per heavy atom. The van der Waals surface area contributed by atoms with Crippen LogP contribution in [0.4, 0.5) is 15.9 Å². The molecule has 0 saturated heterocycles. The van der Waals surface area contributed by atoms with Gasteiger partial charge in [0.25, 0.3) is 0 Å². The molecule has 0 spiro atoms. The van der Waals surface area contributed by atoms with E-state index in [9.17, 15) is 9.18 Å². The van der Waals surface area contributed by atoms with E-state index in [4.69, 9.17) is 16.7 Å². The van der Waals surface area contributed by atoms with Crippen molar-refractivity contribution in [2.45, 2.75) is 6.92 Å². The third-order valence-electron chi connectivity index (χ3n) is 2.45. The number of hydrogen-bond acceptors (Lipinski definition) is 3. The number of aromatic carboxylic acids is 1. The summed E-state index contributed by atoms with van der Waals surface area (Å²) < 4.78 is 13.2. The topological polar surface area (TPSA) is 62.2 Å². The standard InChI is InChI=1S/C13H10ClFN2O2/c1-7-11(13(18)19)2-3-12(16-7)17-10-5-8(14)4-9(15)6-10/h2-6H,1H3,(H,16,17)(H,18,19). The van der Waals surface area contributed by atoms with Crippen LogP contribution in [0.3, 0.4) is 0 Å². The van der Waals surface area contributed by atoms with Crippen molar-refractivity contribution in [3.63, 3.8) is 0 Å². The summed E-state index contributed by atoms with van der Waals surface area (Å²) in [5.41, 5.74) is 0.947. The molecule has 0 aliphatic carbocycles. The van der Waals surface area contributed by atoms with Crippen molar-refractivity contribution < 1.29 is 14.3 Å². The van der Waals surface area contributed by atoms with Crippen LogP contribution in [0.5, 0.6) is 0 Å². The number of halogens is 2. The van der Waals surface area contributed by atoms with Crippen LogP contribution in [0, 0.1) is 12.7 Å². The maximum Gasteiger partial charge on any atom is 0.337 e. The van der Waals surface area contributed by atoms with Crippen molar-refractivity contribution in [2.75, 3.05) is 5.32 Å². The Morgan fingerprint density at radius 3 is 2.68 bits per heavy atom. The summed E-state index contributed by atoms with van der Waals surface area (Å²) in [6.45, 7) is 1.59. The van der Waals surface area contributed by atoms with Gasteiger partial charge in [0.1, 0.15) is 11.6 Å². The van der Waals surface area contributed by atoms with E-state index < -0.39 is 11.8 Å². The van der Waals surface area contributed by atoms with Crippen molar-refractivity contribution >= 4 is 29.1 Å². The molecular weight excluding hydrogens is 271 g/mol. The van der Waals surface area contributed by atoms with Gasteiger partial charge in [0, 0.05) is 10.7 Å². The summed E-state index contributed by atoms with van der Waals surface area (Å²) in [5.74, 6) is -1.08. The highest BCUT2D eigenvalue weighted by Crippen LogP contribution is 2.21. The maximum atomic E-state index is 13.2. The number of benzene rings is 1. The van der Waals surface area contributed by atoms with Crippen LogP contribution < -0.4 is 5.32 Å². The van der Waals surface area contributed by atoms with Gasteiger partial charge in [-0.1, -0.05) is 11.6 Å². The number of carbonyl (C=O) groups is 1. The molecule has 0 aliphatic rings. The Labute approximate surface area is 113 Å². The van der Waals surface area contributed by atoms with Crippen molar-refractivity contribution in [3.8, 4) is 0 Å². The third-order valence-corrected chi connectivity index (χ3v) is 2.67. The molecule has 0 saturated carbocycles. The number of pyridine rings is 1. The molecule has 2 N–H and O–H groups in total. The molecule has 0 unspecified atom stereocenters.